The first kappa shape index (κ1) is 8.87. The van der Waals surface area contributed by atoms with E-state index in [9.17, 15) is 8.42 Å². The zero-order valence-corrected chi connectivity index (χ0v) is 6.16. The standard InChI is InChI=1S/C4H11N2O2S/c1-2-3-4-6-9(5,7)8/h5-6H,2-4H2,1H3. The van der Waals surface area contributed by atoms with Gasteiger partial charge in [0.15, 0.2) is 0 Å². The Kier molecular flexibility index (Phi) is 3.76. The van der Waals surface area contributed by atoms with Crippen LogP contribution in [0.4, 0.5) is 0 Å². The maximum Gasteiger partial charge on any atom is 0.290 e. The molecule has 0 aromatic rings. The summed E-state index contributed by atoms with van der Waals surface area (Å²) in [7, 11) is -3.70. The van der Waals surface area contributed by atoms with E-state index in [2.05, 4.69) is 4.72 Å². The van der Waals surface area contributed by atoms with E-state index in [1.807, 2.05) is 6.92 Å². The van der Waals surface area contributed by atoms with Crippen molar-refractivity contribution in [1.82, 2.24) is 9.86 Å². The molecule has 0 amide bonds. The molecule has 0 heterocycles. The Morgan fingerprint density at radius 3 is 2.44 bits per heavy atom. The van der Waals surface area contributed by atoms with Crippen LogP contribution >= 0.6 is 0 Å². The van der Waals surface area contributed by atoms with Crippen molar-refractivity contribution in [1.29, 1.82) is 0 Å². The van der Waals surface area contributed by atoms with Gasteiger partial charge in [-0.15, -0.1) is 5.14 Å². The summed E-state index contributed by atoms with van der Waals surface area (Å²) in [4.78, 5) is 0. The van der Waals surface area contributed by atoms with Crippen molar-refractivity contribution in [3.63, 3.8) is 0 Å². The van der Waals surface area contributed by atoms with Gasteiger partial charge in [-0.1, -0.05) is 13.3 Å². The highest BCUT2D eigenvalue weighted by Crippen LogP contribution is 1.82. The molecule has 0 fully saturated rings. The van der Waals surface area contributed by atoms with Crippen LogP contribution in [-0.4, -0.2) is 15.0 Å². The summed E-state index contributed by atoms with van der Waals surface area (Å²) < 4.78 is 22.2. The highest BCUT2D eigenvalue weighted by Gasteiger charge is 1.97. The van der Waals surface area contributed by atoms with Crippen molar-refractivity contribution >= 4 is 10.2 Å². The second-order valence-corrected chi connectivity index (χ2v) is 3.05. The third-order valence-electron chi connectivity index (χ3n) is 0.822. The molecule has 55 valence electrons. The van der Waals surface area contributed by atoms with Gasteiger partial charge < -0.3 is 0 Å². The predicted molar refractivity (Wildman–Crippen MR) is 34.9 cm³/mol. The van der Waals surface area contributed by atoms with Crippen LogP contribution in [0.15, 0.2) is 0 Å². The van der Waals surface area contributed by atoms with Crippen LogP contribution in [0.3, 0.4) is 0 Å². The average molecular weight is 151 g/mol. The van der Waals surface area contributed by atoms with Crippen LogP contribution in [0.5, 0.6) is 0 Å². The fourth-order valence-corrected chi connectivity index (χ4v) is 0.796. The second-order valence-electron chi connectivity index (χ2n) is 1.75. The zero-order valence-electron chi connectivity index (χ0n) is 5.35. The molecule has 0 aromatic heterocycles. The number of unbranched alkanes of at least 4 members (excludes halogenated alkanes) is 1. The van der Waals surface area contributed by atoms with E-state index in [-0.39, 0.29) is 0 Å². The van der Waals surface area contributed by atoms with Crippen molar-refractivity contribution in [3.8, 4) is 0 Å². The van der Waals surface area contributed by atoms with Crippen LogP contribution in [-0.2, 0) is 10.2 Å². The van der Waals surface area contributed by atoms with Gasteiger partial charge in [0, 0.05) is 6.54 Å². The smallest absolute Gasteiger partial charge is 0.201 e. The monoisotopic (exact) mass is 151 g/mol. The molecule has 4 nitrogen and oxygen atoms in total. The van der Waals surface area contributed by atoms with Gasteiger partial charge in [-0.2, -0.15) is 8.42 Å². The molecule has 0 aliphatic rings. The second kappa shape index (κ2) is 3.81. The molecule has 0 spiro atoms. The summed E-state index contributed by atoms with van der Waals surface area (Å²) in [6, 6.07) is 0. The normalized spacial score (nSPS) is 11.8. The highest BCUT2D eigenvalue weighted by atomic mass is 32.2. The van der Waals surface area contributed by atoms with Crippen LogP contribution in [0.2, 0.25) is 0 Å². The number of hydrogen-bond donors (Lipinski definition) is 1. The largest absolute Gasteiger partial charge is 0.290 e. The minimum Gasteiger partial charge on any atom is -0.201 e. The molecule has 0 aliphatic heterocycles. The van der Waals surface area contributed by atoms with Crippen LogP contribution in [0, 0.1) is 0 Å². The van der Waals surface area contributed by atoms with E-state index in [0.717, 1.165) is 12.8 Å². The Morgan fingerprint density at radius 1 is 1.56 bits per heavy atom. The van der Waals surface area contributed by atoms with Gasteiger partial charge in [-0.3, -0.25) is 0 Å². The van der Waals surface area contributed by atoms with Crippen molar-refractivity contribution in [2.45, 2.75) is 19.8 Å². The molecular formula is C4H11N2O2S. The fourth-order valence-electron chi connectivity index (χ4n) is 0.383. The summed E-state index contributed by atoms with van der Waals surface area (Å²) in [5.74, 6) is 0. The van der Waals surface area contributed by atoms with Gasteiger partial charge in [0.2, 0.25) is 0 Å². The van der Waals surface area contributed by atoms with Gasteiger partial charge in [0.1, 0.15) is 0 Å². The first-order chi connectivity index (χ1) is 4.06. The van der Waals surface area contributed by atoms with Gasteiger partial charge in [0.05, 0.1) is 0 Å². The molecule has 0 unspecified atom stereocenters. The van der Waals surface area contributed by atoms with Gasteiger partial charge in [-0.25, -0.2) is 4.72 Å². The molecule has 5 heteroatoms. The number of rotatable bonds is 4. The molecule has 0 rings (SSSR count). The summed E-state index contributed by atoms with van der Waals surface area (Å²) >= 11 is 0. The van der Waals surface area contributed by atoms with Gasteiger partial charge in [-0.05, 0) is 6.42 Å². The number of hydrogen-bond acceptors (Lipinski definition) is 2. The average Bonchev–Trinajstić information content (AvgIpc) is 1.63. The maximum atomic E-state index is 10.1. The molecule has 0 atom stereocenters. The van der Waals surface area contributed by atoms with Crippen LogP contribution < -0.4 is 9.86 Å². The third-order valence-corrected chi connectivity index (χ3v) is 1.41. The Hall–Kier alpha value is -0.130. The van der Waals surface area contributed by atoms with E-state index < -0.39 is 10.2 Å². The molecule has 2 N–H and O–H groups in total. The van der Waals surface area contributed by atoms with Crippen LogP contribution in [0.25, 0.3) is 0 Å². The maximum absolute atomic E-state index is 10.1. The zero-order chi connectivity index (χ0) is 7.33. The lowest BCUT2D eigenvalue weighted by molar-refractivity contribution is 0.578. The van der Waals surface area contributed by atoms with E-state index in [4.69, 9.17) is 5.14 Å². The summed E-state index contributed by atoms with van der Waals surface area (Å²) in [6.45, 7) is 2.33. The molecule has 1 radical (unpaired) electrons. The molecule has 0 saturated carbocycles. The summed E-state index contributed by atoms with van der Waals surface area (Å²) in [5, 5.41) is 6.37. The molecule has 0 saturated heterocycles. The Morgan fingerprint density at radius 2 is 2.11 bits per heavy atom. The molecule has 0 aromatic carbocycles. The van der Waals surface area contributed by atoms with E-state index >= 15 is 0 Å². The first-order valence-corrected chi connectivity index (χ1v) is 4.29. The molecular weight excluding hydrogens is 140 g/mol. The Bertz CT molecular complexity index is 152. The van der Waals surface area contributed by atoms with E-state index in [1.54, 1.807) is 0 Å². The van der Waals surface area contributed by atoms with Crippen molar-refractivity contribution < 1.29 is 8.42 Å². The van der Waals surface area contributed by atoms with Gasteiger partial charge in [0.25, 0.3) is 10.2 Å². The quantitative estimate of drug-likeness (QED) is 0.570. The highest BCUT2D eigenvalue weighted by molar-refractivity contribution is 7.86. The van der Waals surface area contributed by atoms with E-state index in [1.165, 1.54) is 0 Å². The topological polar surface area (TPSA) is 70.0 Å². The van der Waals surface area contributed by atoms with E-state index in [0.29, 0.717) is 6.54 Å². The van der Waals surface area contributed by atoms with Gasteiger partial charge >= 0.3 is 0 Å². The third kappa shape index (κ3) is 7.87. The minimum absolute atomic E-state index is 0.377. The SMILES string of the molecule is CCCCNS([NH])(=O)=O. The lowest BCUT2D eigenvalue weighted by Crippen LogP contribution is -2.24. The predicted octanol–water partition coefficient (Wildman–Crippen LogP) is -0.0962. The molecule has 9 heavy (non-hydrogen) atoms. The molecule has 0 bridgehead atoms. The van der Waals surface area contributed by atoms with Crippen LogP contribution in [0.1, 0.15) is 19.8 Å². The lowest BCUT2D eigenvalue weighted by Gasteiger charge is -1.96. The minimum atomic E-state index is -3.70. The summed E-state index contributed by atoms with van der Waals surface area (Å²) in [5.41, 5.74) is 0. The van der Waals surface area contributed by atoms with Crippen molar-refractivity contribution in [2.75, 3.05) is 6.54 Å². The Balaban J connectivity index is 3.30. The number of nitrogens with one attached hydrogen (secondary N) is 2. The Labute approximate surface area is 55.6 Å². The molecule has 0 aliphatic carbocycles. The lowest BCUT2D eigenvalue weighted by atomic mass is 10.3. The van der Waals surface area contributed by atoms with Crippen molar-refractivity contribution in [2.24, 2.45) is 0 Å². The fraction of sp³-hybridized carbons (Fsp3) is 1.00. The van der Waals surface area contributed by atoms with Crippen molar-refractivity contribution in [3.05, 3.63) is 0 Å². The summed E-state index contributed by atoms with van der Waals surface area (Å²) in [6.07, 6.45) is 1.72. The first-order valence-electron chi connectivity index (χ1n) is 2.80.